The molecule has 0 aromatic carbocycles. The Balaban J connectivity index is 2.89. The van der Waals surface area contributed by atoms with E-state index in [-0.39, 0.29) is 31.0 Å². The molecule has 114 valence electrons. The number of allylic oxidation sites excluding steroid dienone is 2. The summed E-state index contributed by atoms with van der Waals surface area (Å²) in [7, 11) is 0. The van der Waals surface area contributed by atoms with E-state index in [1.165, 1.54) is 6.92 Å². The lowest BCUT2D eigenvalue weighted by atomic mass is 10.0. The van der Waals surface area contributed by atoms with Gasteiger partial charge in [-0.3, -0.25) is 20.2 Å². The molecule has 0 radical (unpaired) electrons. The maximum Gasteiger partial charge on any atom is 0.433 e. The number of nitrogens with one attached hydrogen (secondary N) is 2. The number of alkyl halides is 3. The summed E-state index contributed by atoms with van der Waals surface area (Å²) in [5, 5.41) is 19.1. The number of Topliss-reactive ketones (excluding diaryl/α,β-unsaturated/α-hetero) is 1. The second-order valence-corrected chi connectivity index (χ2v) is 4.30. The van der Waals surface area contributed by atoms with Gasteiger partial charge in [0, 0.05) is 11.5 Å². The molecule has 9 heteroatoms. The highest BCUT2D eigenvalue weighted by Crippen LogP contribution is 2.32. The van der Waals surface area contributed by atoms with Crippen molar-refractivity contribution in [2.24, 2.45) is 5.92 Å². The highest BCUT2D eigenvalue weighted by atomic mass is 19.4. The standard InChI is InChI=1S/C11H16F3N3O3/c1-3-20-17(19)5-16-8-7(4-6(2)9(8)18)10(15)11(12,13)14/h6,15-16,19H,3-5H2,1-2H3. The number of hydrogen-bond donors (Lipinski definition) is 3. The Hall–Kier alpha value is -1.45. The summed E-state index contributed by atoms with van der Waals surface area (Å²) >= 11 is 0. The van der Waals surface area contributed by atoms with E-state index in [4.69, 9.17) is 5.41 Å². The van der Waals surface area contributed by atoms with Crippen LogP contribution in [0.5, 0.6) is 0 Å². The normalized spacial score (nSPS) is 19.9. The summed E-state index contributed by atoms with van der Waals surface area (Å²) < 4.78 is 37.7. The van der Waals surface area contributed by atoms with Crippen molar-refractivity contribution in [3.8, 4) is 0 Å². The van der Waals surface area contributed by atoms with Crippen molar-refractivity contribution in [2.45, 2.75) is 26.4 Å². The number of halogens is 3. The molecule has 0 heterocycles. The van der Waals surface area contributed by atoms with Crippen LogP contribution in [-0.4, -0.2) is 41.4 Å². The zero-order valence-corrected chi connectivity index (χ0v) is 11.0. The fraction of sp³-hybridized carbons (Fsp3) is 0.636. The topological polar surface area (TPSA) is 85.7 Å². The molecule has 0 aromatic heterocycles. The first-order valence-electron chi connectivity index (χ1n) is 5.95. The maximum atomic E-state index is 12.6. The summed E-state index contributed by atoms with van der Waals surface area (Å²) in [6.45, 7) is 2.87. The van der Waals surface area contributed by atoms with Gasteiger partial charge in [0.25, 0.3) is 0 Å². The third-order valence-corrected chi connectivity index (χ3v) is 2.76. The zero-order valence-electron chi connectivity index (χ0n) is 11.0. The molecule has 0 saturated heterocycles. The van der Waals surface area contributed by atoms with Gasteiger partial charge in [-0.1, -0.05) is 6.92 Å². The number of rotatable bonds is 6. The highest BCUT2D eigenvalue weighted by molar-refractivity contribution is 6.13. The van der Waals surface area contributed by atoms with Crippen molar-refractivity contribution in [3.63, 3.8) is 0 Å². The quantitative estimate of drug-likeness (QED) is 0.394. The summed E-state index contributed by atoms with van der Waals surface area (Å²) in [4.78, 5) is 16.4. The molecule has 20 heavy (non-hydrogen) atoms. The van der Waals surface area contributed by atoms with Crippen LogP contribution < -0.4 is 5.32 Å². The average molecular weight is 295 g/mol. The molecule has 1 rings (SSSR count). The second kappa shape index (κ2) is 6.33. The molecular weight excluding hydrogens is 279 g/mol. The molecule has 1 atom stereocenters. The highest BCUT2D eigenvalue weighted by Gasteiger charge is 2.42. The molecular formula is C11H16F3N3O3. The molecule has 3 N–H and O–H groups in total. The van der Waals surface area contributed by atoms with Gasteiger partial charge in [-0.25, -0.2) is 0 Å². The van der Waals surface area contributed by atoms with Gasteiger partial charge in [-0.2, -0.15) is 13.2 Å². The van der Waals surface area contributed by atoms with Gasteiger partial charge in [-0.15, -0.1) is 0 Å². The van der Waals surface area contributed by atoms with Crippen LogP contribution in [0.4, 0.5) is 13.2 Å². The Bertz CT molecular complexity index is 434. The molecule has 1 aliphatic rings. The Kier molecular flexibility index (Phi) is 5.26. The molecule has 1 unspecified atom stereocenters. The van der Waals surface area contributed by atoms with Crippen LogP contribution in [0.15, 0.2) is 11.3 Å². The number of hydrogen-bond acceptors (Lipinski definition) is 6. The minimum atomic E-state index is -4.81. The molecule has 0 aromatic rings. The second-order valence-electron chi connectivity index (χ2n) is 4.30. The van der Waals surface area contributed by atoms with E-state index in [0.29, 0.717) is 5.23 Å². The van der Waals surface area contributed by atoms with Gasteiger partial charge >= 0.3 is 6.18 Å². The molecule has 0 fully saturated rings. The Morgan fingerprint density at radius 3 is 2.70 bits per heavy atom. The minimum Gasteiger partial charge on any atom is -0.365 e. The van der Waals surface area contributed by atoms with Crippen LogP contribution in [0.2, 0.25) is 0 Å². The molecule has 6 nitrogen and oxygen atoms in total. The third kappa shape index (κ3) is 3.78. The van der Waals surface area contributed by atoms with Gasteiger partial charge in [0.1, 0.15) is 12.4 Å². The van der Waals surface area contributed by atoms with Gasteiger partial charge in [-0.05, 0) is 18.6 Å². The number of carbonyl (C=O) groups excluding carboxylic acids is 1. The van der Waals surface area contributed by atoms with Gasteiger partial charge in [0.2, 0.25) is 0 Å². The number of nitrogens with zero attached hydrogens (tertiary/aromatic N) is 1. The van der Waals surface area contributed by atoms with Gasteiger partial charge in [0.05, 0.1) is 12.3 Å². The van der Waals surface area contributed by atoms with Gasteiger partial charge < -0.3 is 5.32 Å². The zero-order chi connectivity index (χ0) is 15.5. The van der Waals surface area contributed by atoms with E-state index in [1.807, 2.05) is 0 Å². The molecule has 0 aliphatic heterocycles. The lowest BCUT2D eigenvalue weighted by Gasteiger charge is -2.16. The smallest absolute Gasteiger partial charge is 0.365 e. The van der Waals surface area contributed by atoms with E-state index in [9.17, 15) is 23.2 Å². The maximum absolute atomic E-state index is 12.6. The predicted molar refractivity (Wildman–Crippen MR) is 62.8 cm³/mol. The summed E-state index contributed by atoms with van der Waals surface area (Å²) in [5.74, 6) is -1.15. The Morgan fingerprint density at radius 2 is 2.20 bits per heavy atom. The van der Waals surface area contributed by atoms with Crippen molar-refractivity contribution in [3.05, 3.63) is 11.3 Å². The molecule has 0 saturated carbocycles. The van der Waals surface area contributed by atoms with Crippen LogP contribution in [0.3, 0.4) is 0 Å². The van der Waals surface area contributed by atoms with Gasteiger partial charge in [0.15, 0.2) is 5.78 Å². The first kappa shape index (κ1) is 16.6. The first-order chi connectivity index (χ1) is 9.18. The Morgan fingerprint density at radius 1 is 1.60 bits per heavy atom. The SMILES string of the molecule is CCON(O)CNC1=C(C(=N)C(F)(F)F)CC(C)C1=O. The largest absolute Gasteiger partial charge is 0.433 e. The van der Waals surface area contributed by atoms with E-state index < -0.39 is 23.6 Å². The summed E-state index contributed by atoms with van der Waals surface area (Å²) in [5.41, 5.74) is -2.22. The third-order valence-electron chi connectivity index (χ3n) is 2.76. The van der Waals surface area contributed by atoms with Crippen molar-refractivity contribution in [1.29, 1.82) is 5.41 Å². The predicted octanol–water partition coefficient (Wildman–Crippen LogP) is 1.62. The first-order valence-corrected chi connectivity index (χ1v) is 5.95. The van der Waals surface area contributed by atoms with Crippen LogP contribution in [0.1, 0.15) is 20.3 Å². The fourth-order valence-corrected chi connectivity index (χ4v) is 1.83. The molecule has 0 bridgehead atoms. The van der Waals surface area contributed by atoms with E-state index in [1.54, 1.807) is 6.92 Å². The van der Waals surface area contributed by atoms with Crippen molar-refractivity contribution >= 4 is 11.5 Å². The lowest BCUT2D eigenvalue weighted by Crippen LogP contribution is -2.35. The lowest BCUT2D eigenvalue weighted by molar-refractivity contribution is -0.340. The average Bonchev–Trinajstić information content (AvgIpc) is 2.61. The van der Waals surface area contributed by atoms with Crippen molar-refractivity contribution in [2.75, 3.05) is 13.3 Å². The summed E-state index contributed by atoms with van der Waals surface area (Å²) in [6.07, 6.45) is -4.97. The van der Waals surface area contributed by atoms with Crippen molar-refractivity contribution < 1.29 is 28.0 Å². The molecule has 0 amide bonds. The van der Waals surface area contributed by atoms with E-state index in [2.05, 4.69) is 10.2 Å². The van der Waals surface area contributed by atoms with Crippen LogP contribution in [-0.2, 0) is 9.63 Å². The molecule has 1 aliphatic carbocycles. The van der Waals surface area contributed by atoms with Crippen LogP contribution in [0, 0.1) is 11.3 Å². The van der Waals surface area contributed by atoms with E-state index >= 15 is 0 Å². The monoisotopic (exact) mass is 295 g/mol. The molecule has 0 spiro atoms. The van der Waals surface area contributed by atoms with E-state index in [0.717, 1.165) is 0 Å². The number of ketones is 1. The van der Waals surface area contributed by atoms with Crippen molar-refractivity contribution in [1.82, 2.24) is 10.5 Å². The van der Waals surface area contributed by atoms with Crippen LogP contribution >= 0.6 is 0 Å². The fourth-order valence-electron chi connectivity index (χ4n) is 1.83. The Labute approximate surface area is 113 Å². The summed E-state index contributed by atoms with van der Waals surface area (Å²) in [6, 6.07) is 0. The number of hydroxylamine groups is 2. The minimum absolute atomic E-state index is 0.153. The number of carbonyl (C=O) groups is 1. The van der Waals surface area contributed by atoms with Crippen LogP contribution in [0.25, 0.3) is 0 Å².